The number of piperidine rings is 1. The Kier molecular flexibility index (Phi) is 4.17. The van der Waals surface area contributed by atoms with E-state index in [-0.39, 0.29) is 17.1 Å². The molecular weight excluding hydrogens is 319 g/mol. The number of carbonyl (C=O) groups is 1. The molecule has 1 fully saturated rings. The van der Waals surface area contributed by atoms with Gasteiger partial charge in [0.2, 0.25) is 0 Å². The summed E-state index contributed by atoms with van der Waals surface area (Å²) in [4.78, 5) is 11.8. The van der Waals surface area contributed by atoms with E-state index in [9.17, 15) is 9.18 Å². The van der Waals surface area contributed by atoms with Crippen molar-refractivity contribution < 1.29 is 13.9 Å². The summed E-state index contributed by atoms with van der Waals surface area (Å²) in [6.07, 6.45) is 1.87. The maximum atomic E-state index is 13.3. The van der Waals surface area contributed by atoms with Crippen LogP contribution in [0.15, 0.2) is 42.5 Å². The highest BCUT2D eigenvalue weighted by atomic mass is 19.1. The molecule has 2 heterocycles. The molecule has 2 aliphatic rings. The summed E-state index contributed by atoms with van der Waals surface area (Å²) in [7, 11) is 0. The van der Waals surface area contributed by atoms with Gasteiger partial charge in [0.05, 0.1) is 6.61 Å². The van der Waals surface area contributed by atoms with Crippen LogP contribution in [-0.4, -0.2) is 25.6 Å². The van der Waals surface area contributed by atoms with E-state index in [1.165, 1.54) is 12.1 Å². The van der Waals surface area contributed by atoms with Crippen molar-refractivity contribution in [3.05, 3.63) is 65.0 Å². The summed E-state index contributed by atoms with van der Waals surface area (Å²) in [5, 5.41) is 6.19. The number of benzene rings is 2. The van der Waals surface area contributed by atoms with Crippen molar-refractivity contribution in [2.24, 2.45) is 0 Å². The maximum absolute atomic E-state index is 13.3. The number of hydrogen-bond acceptors (Lipinski definition) is 3. The third kappa shape index (κ3) is 3.12. The molecule has 0 unspecified atom stereocenters. The number of carbonyl (C=O) groups excluding carboxylic acids is 1. The average molecular weight is 340 g/mol. The summed E-state index contributed by atoms with van der Waals surface area (Å²) in [6, 6.07) is 12.4. The molecule has 2 N–H and O–H groups in total. The molecule has 1 saturated heterocycles. The van der Waals surface area contributed by atoms with Crippen LogP contribution < -0.4 is 15.4 Å². The fourth-order valence-corrected chi connectivity index (χ4v) is 3.73. The number of ether oxygens (including phenoxy) is 1. The topological polar surface area (TPSA) is 50.4 Å². The zero-order valence-corrected chi connectivity index (χ0v) is 14.0. The number of hydrogen-bond donors (Lipinski definition) is 2. The van der Waals surface area contributed by atoms with Gasteiger partial charge in [0.25, 0.3) is 5.91 Å². The Bertz CT molecular complexity index is 783. The van der Waals surface area contributed by atoms with E-state index in [1.807, 2.05) is 30.3 Å². The van der Waals surface area contributed by atoms with Crippen LogP contribution in [0, 0.1) is 5.82 Å². The Hall–Kier alpha value is -2.40. The van der Waals surface area contributed by atoms with Crippen LogP contribution in [0.2, 0.25) is 0 Å². The number of halogens is 1. The van der Waals surface area contributed by atoms with Crippen LogP contribution in [0.25, 0.3) is 0 Å². The van der Waals surface area contributed by atoms with Gasteiger partial charge in [-0.15, -0.1) is 0 Å². The summed E-state index contributed by atoms with van der Waals surface area (Å²) in [5.41, 5.74) is 2.67. The normalized spacial score (nSPS) is 18.5. The minimum absolute atomic E-state index is 0.0458. The largest absolute Gasteiger partial charge is 0.493 e. The molecule has 2 aliphatic heterocycles. The van der Waals surface area contributed by atoms with Crippen LogP contribution in [0.1, 0.15) is 34.3 Å². The Morgan fingerprint density at radius 1 is 1.08 bits per heavy atom. The number of fused-ring (bicyclic) bond motifs is 1. The molecule has 1 amide bonds. The zero-order chi connectivity index (χ0) is 17.3. The van der Waals surface area contributed by atoms with E-state index in [1.54, 1.807) is 0 Å². The van der Waals surface area contributed by atoms with E-state index < -0.39 is 0 Å². The monoisotopic (exact) mass is 340 g/mol. The second kappa shape index (κ2) is 6.48. The minimum atomic E-state index is -0.224. The highest BCUT2D eigenvalue weighted by molar-refractivity contribution is 5.98. The molecule has 2 aromatic carbocycles. The maximum Gasteiger partial charge on any atom is 0.252 e. The lowest BCUT2D eigenvalue weighted by Gasteiger charge is -2.38. The minimum Gasteiger partial charge on any atom is -0.493 e. The van der Waals surface area contributed by atoms with Crippen molar-refractivity contribution in [2.45, 2.75) is 24.8 Å². The fraction of sp³-hybridized carbons (Fsp3) is 0.350. The molecule has 25 heavy (non-hydrogen) atoms. The van der Waals surface area contributed by atoms with Crippen molar-refractivity contribution in [2.75, 3.05) is 19.7 Å². The molecule has 4 rings (SSSR count). The molecule has 4 nitrogen and oxygen atoms in total. The molecule has 0 aromatic heterocycles. The molecular formula is C20H21FN2O2. The van der Waals surface area contributed by atoms with Crippen LogP contribution in [-0.2, 0) is 12.0 Å². The van der Waals surface area contributed by atoms with Crippen LogP contribution in [0.5, 0.6) is 5.75 Å². The predicted octanol–water partition coefficient (Wildman–Crippen LogP) is 2.77. The fourth-order valence-electron chi connectivity index (χ4n) is 3.73. The predicted molar refractivity (Wildman–Crippen MR) is 93.3 cm³/mol. The molecule has 0 spiro atoms. The van der Waals surface area contributed by atoms with Crippen LogP contribution in [0.4, 0.5) is 4.39 Å². The first-order chi connectivity index (χ1) is 12.2. The van der Waals surface area contributed by atoms with E-state index >= 15 is 0 Å². The third-order valence-electron chi connectivity index (χ3n) is 5.30. The van der Waals surface area contributed by atoms with E-state index in [4.69, 9.17) is 4.74 Å². The van der Waals surface area contributed by atoms with Gasteiger partial charge in [-0.1, -0.05) is 18.2 Å². The van der Waals surface area contributed by atoms with E-state index in [0.29, 0.717) is 24.5 Å². The smallest absolute Gasteiger partial charge is 0.252 e. The number of amides is 1. The molecule has 2 aromatic rings. The van der Waals surface area contributed by atoms with Gasteiger partial charge in [-0.25, -0.2) is 4.39 Å². The Morgan fingerprint density at radius 2 is 1.84 bits per heavy atom. The third-order valence-corrected chi connectivity index (χ3v) is 5.30. The first-order valence-electron chi connectivity index (χ1n) is 8.67. The second-order valence-corrected chi connectivity index (χ2v) is 6.83. The lowest BCUT2D eigenvalue weighted by atomic mass is 9.74. The van der Waals surface area contributed by atoms with Crippen LogP contribution >= 0.6 is 0 Å². The molecule has 130 valence electrons. The van der Waals surface area contributed by atoms with Gasteiger partial charge < -0.3 is 15.4 Å². The number of rotatable bonds is 4. The number of nitrogens with one attached hydrogen (secondary N) is 2. The molecule has 5 heteroatoms. The first kappa shape index (κ1) is 16.1. The van der Waals surface area contributed by atoms with Crippen molar-refractivity contribution in [1.82, 2.24) is 10.6 Å². The standard InChI is InChI=1S/C20H21FN2O2/c21-16-4-2-15(3-5-16)20(7-9-22-10-8-20)13-25-17-6-1-14-12-23-19(24)18(14)11-17/h1-6,11,22H,7-10,12-13H2,(H,23,24). The lowest BCUT2D eigenvalue weighted by molar-refractivity contribution is 0.0965. The van der Waals surface area contributed by atoms with E-state index in [2.05, 4.69) is 10.6 Å². The summed E-state index contributed by atoms with van der Waals surface area (Å²) in [6.45, 7) is 2.92. The summed E-state index contributed by atoms with van der Waals surface area (Å²) in [5.74, 6) is 0.435. The van der Waals surface area contributed by atoms with Crippen molar-refractivity contribution >= 4 is 5.91 Å². The lowest BCUT2D eigenvalue weighted by Crippen LogP contribution is -2.44. The quantitative estimate of drug-likeness (QED) is 0.900. The molecule has 0 saturated carbocycles. The van der Waals surface area contributed by atoms with Gasteiger partial charge in [-0.3, -0.25) is 4.79 Å². The van der Waals surface area contributed by atoms with Gasteiger partial charge in [0.1, 0.15) is 11.6 Å². The zero-order valence-electron chi connectivity index (χ0n) is 14.0. The van der Waals surface area contributed by atoms with Crippen molar-refractivity contribution in [3.8, 4) is 5.75 Å². The Morgan fingerprint density at radius 3 is 2.60 bits per heavy atom. The van der Waals surface area contributed by atoms with Crippen molar-refractivity contribution in [3.63, 3.8) is 0 Å². The second-order valence-electron chi connectivity index (χ2n) is 6.83. The summed E-state index contributed by atoms with van der Waals surface area (Å²) >= 11 is 0. The van der Waals surface area contributed by atoms with Gasteiger partial charge in [-0.05, 0) is 61.3 Å². The highest BCUT2D eigenvalue weighted by Crippen LogP contribution is 2.35. The first-order valence-corrected chi connectivity index (χ1v) is 8.67. The highest BCUT2D eigenvalue weighted by Gasteiger charge is 2.35. The molecule has 0 aliphatic carbocycles. The van der Waals surface area contributed by atoms with E-state index in [0.717, 1.165) is 37.1 Å². The molecule has 0 radical (unpaired) electrons. The average Bonchev–Trinajstić information content (AvgIpc) is 3.02. The SMILES string of the molecule is O=C1NCc2ccc(OCC3(c4ccc(F)cc4)CCNCC3)cc21. The van der Waals surface area contributed by atoms with Gasteiger partial charge in [0.15, 0.2) is 0 Å². The molecule has 0 atom stereocenters. The Balaban J connectivity index is 1.56. The van der Waals surface area contributed by atoms with Gasteiger partial charge in [-0.2, -0.15) is 0 Å². The molecule has 0 bridgehead atoms. The Labute approximate surface area is 146 Å². The summed E-state index contributed by atoms with van der Waals surface area (Å²) < 4.78 is 19.4. The van der Waals surface area contributed by atoms with Crippen LogP contribution in [0.3, 0.4) is 0 Å². The van der Waals surface area contributed by atoms with Gasteiger partial charge in [0, 0.05) is 17.5 Å². The van der Waals surface area contributed by atoms with Crippen molar-refractivity contribution in [1.29, 1.82) is 0 Å². The van der Waals surface area contributed by atoms with Gasteiger partial charge >= 0.3 is 0 Å².